The molecule has 1 saturated heterocycles. The monoisotopic (exact) mass is 356 g/mol. The molecule has 136 valence electrons. The number of aryl methyl sites for hydroxylation is 1. The molecule has 1 aliphatic rings. The van der Waals surface area contributed by atoms with Gasteiger partial charge in [0.05, 0.1) is 18.1 Å². The molecule has 1 aromatic heterocycles. The third kappa shape index (κ3) is 5.47. The average molecular weight is 356 g/mol. The van der Waals surface area contributed by atoms with Gasteiger partial charge in [-0.1, -0.05) is 13.8 Å². The summed E-state index contributed by atoms with van der Waals surface area (Å²) in [6.45, 7) is 7.50. The van der Waals surface area contributed by atoms with Gasteiger partial charge in [0, 0.05) is 25.0 Å². The molecule has 0 spiro atoms. The molecule has 2 N–H and O–H groups in total. The fraction of sp³-hybridized carbons (Fsp3) is 0.800. The number of sulfone groups is 1. The summed E-state index contributed by atoms with van der Waals surface area (Å²) in [6, 6.07) is 0.210. The number of aromatic nitrogens is 3. The first-order chi connectivity index (χ1) is 11.4. The lowest BCUT2D eigenvalue weighted by atomic mass is 10.2. The van der Waals surface area contributed by atoms with Crippen LogP contribution in [0.5, 0.6) is 0 Å². The highest BCUT2D eigenvalue weighted by Gasteiger charge is 2.28. The molecule has 0 saturated carbocycles. The summed E-state index contributed by atoms with van der Waals surface area (Å²) in [5.74, 6) is 2.05. The summed E-state index contributed by atoms with van der Waals surface area (Å²) < 4.78 is 25.2. The first-order valence-corrected chi connectivity index (χ1v) is 10.4. The van der Waals surface area contributed by atoms with Crippen LogP contribution in [-0.2, 0) is 22.8 Å². The Labute approximate surface area is 144 Å². The highest BCUT2D eigenvalue weighted by atomic mass is 32.2. The van der Waals surface area contributed by atoms with E-state index in [2.05, 4.69) is 39.7 Å². The maximum absolute atomic E-state index is 11.6. The van der Waals surface area contributed by atoms with Crippen LogP contribution in [0.1, 0.15) is 39.4 Å². The third-order valence-electron chi connectivity index (χ3n) is 4.19. The molecule has 2 unspecified atom stereocenters. The zero-order chi connectivity index (χ0) is 17.6. The Hall–Kier alpha value is -1.64. The Morgan fingerprint density at radius 1 is 1.50 bits per heavy atom. The number of aliphatic imine (C=N–C) groups is 1. The van der Waals surface area contributed by atoms with Gasteiger partial charge in [0.25, 0.3) is 0 Å². The molecule has 0 amide bonds. The van der Waals surface area contributed by atoms with E-state index >= 15 is 0 Å². The van der Waals surface area contributed by atoms with Crippen molar-refractivity contribution in [2.45, 2.75) is 58.7 Å². The van der Waals surface area contributed by atoms with Gasteiger partial charge < -0.3 is 15.2 Å². The smallest absolute Gasteiger partial charge is 0.191 e. The van der Waals surface area contributed by atoms with Crippen molar-refractivity contribution in [1.29, 1.82) is 0 Å². The van der Waals surface area contributed by atoms with Gasteiger partial charge in [0.2, 0.25) is 0 Å². The van der Waals surface area contributed by atoms with Crippen LogP contribution in [0.25, 0.3) is 0 Å². The number of nitrogens with one attached hydrogen (secondary N) is 2. The van der Waals surface area contributed by atoms with E-state index in [0.717, 1.165) is 18.7 Å². The average Bonchev–Trinajstić information content (AvgIpc) is 3.12. The molecule has 2 heterocycles. The van der Waals surface area contributed by atoms with Crippen LogP contribution in [0.3, 0.4) is 0 Å². The van der Waals surface area contributed by atoms with Crippen LogP contribution in [0.15, 0.2) is 11.3 Å². The lowest BCUT2D eigenvalue weighted by Gasteiger charge is -2.20. The van der Waals surface area contributed by atoms with Crippen molar-refractivity contribution >= 4 is 15.8 Å². The van der Waals surface area contributed by atoms with Crippen molar-refractivity contribution in [2.24, 2.45) is 4.99 Å². The van der Waals surface area contributed by atoms with E-state index in [1.54, 1.807) is 6.33 Å². The molecule has 1 aromatic rings. The van der Waals surface area contributed by atoms with Crippen molar-refractivity contribution in [3.8, 4) is 0 Å². The maximum Gasteiger partial charge on any atom is 0.191 e. The second kappa shape index (κ2) is 8.46. The summed E-state index contributed by atoms with van der Waals surface area (Å²) in [5.41, 5.74) is 0. The largest absolute Gasteiger partial charge is 0.354 e. The van der Waals surface area contributed by atoms with Gasteiger partial charge in [-0.05, 0) is 19.8 Å². The number of guanidine groups is 1. The number of rotatable bonds is 7. The molecule has 0 bridgehead atoms. The minimum atomic E-state index is -2.91. The molecular weight excluding hydrogens is 328 g/mol. The minimum Gasteiger partial charge on any atom is -0.354 e. The summed E-state index contributed by atoms with van der Waals surface area (Å²) in [7, 11) is -2.91. The zero-order valence-corrected chi connectivity index (χ0v) is 15.5. The topological polar surface area (TPSA) is 101 Å². The van der Waals surface area contributed by atoms with Crippen molar-refractivity contribution in [3.63, 3.8) is 0 Å². The quantitative estimate of drug-likeness (QED) is 0.540. The van der Waals surface area contributed by atoms with Gasteiger partial charge in [-0.15, -0.1) is 10.2 Å². The predicted molar refractivity (Wildman–Crippen MR) is 94.8 cm³/mol. The zero-order valence-electron chi connectivity index (χ0n) is 14.7. The Morgan fingerprint density at radius 2 is 2.29 bits per heavy atom. The molecule has 9 heteroatoms. The normalized spacial score (nSPS) is 21.6. The van der Waals surface area contributed by atoms with Crippen LogP contribution in [0, 0.1) is 0 Å². The molecule has 1 aliphatic heterocycles. The first kappa shape index (κ1) is 18.7. The number of hydrogen-bond acceptors (Lipinski definition) is 5. The Kier molecular flexibility index (Phi) is 6.59. The summed E-state index contributed by atoms with van der Waals surface area (Å²) in [6.07, 6.45) is 4.15. The maximum atomic E-state index is 11.6. The van der Waals surface area contributed by atoms with E-state index in [-0.39, 0.29) is 23.6 Å². The lowest BCUT2D eigenvalue weighted by molar-refractivity contribution is 0.586. The van der Waals surface area contributed by atoms with E-state index in [1.165, 1.54) is 0 Å². The van der Waals surface area contributed by atoms with Gasteiger partial charge in [0.1, 0.15) is 12.2 Å². The summed E-state index contributed by atoms with van der Waals surface area (Å²) >= 11 is 0. The SMILES string of the molecule is CCc1nncn1CCN=C(NC(C)CC)NC1CCS(=O)(=O)C1. The van der Waals surface area contributed by atoms with Crippen LogP contribution in [0.2, 0.25) is 0 Å². The van der Waals surface area contributed by atoms with E-state index in [0.29, 0.717) is 25.5 Å². The van der Waals surface area contributed by atoms with Gasteiger partial charge in [-0.3, -0.25) is 4.99 Å². The van der Waals surface area contributed by atoms with Gasteiger partial charge in [-0.2, -0.15) is 0 Å². The van der Waals surface area contributed by atoms with E-state index < -0.39 is 9.84 Å². The minimum absolute atomic E-state index is 0.0635. The van der Waals surface area contributed by atoms with Gasteiger partial charge in [0.15, 0.2) is 15.8 Å². The Balaban J connectivity index is 1.96. The molecule has 0 aliphatic carbocycles. The van der Waals surface area contributed by atoms with E-state index in [4.69, 9.17) is 0 Å². The lowest BCUT2D eigenvalue weighted by Crippen LogP contribution is -2.47. The van der Waals surface area contributed by atoms with E-state index in [1.807, 2.05) is 11.5 Å². The van der Waals surface area contributed by atoms with Crippen LogP contribution in [-0.4, -0.2) is 59.3 Å². The van der Waals surface area contributed by atoms with Crippen molar-refractivity contribution in [1.82, 2.24) is 25.4 Å². The summed E-state index contributed by atoms with van der Waals surface area (Å²) in [4.78, 5) is 4.60. The molecule has 2 rings (SSSR count). The van der Waals surface area contributed by atoms with Crippen LogP contribution < -0.4 is 10.6 Å². The number of hydrogen-bond donors (Lipinski definition) is 2. The highest BCUT2D eigenvalue weighted by Crippen LogP contribution is 2.11. The molecule has 2 atom stereocenters. The van der Waals surface area contributed by atoms with Crippen molar-refractivity contribution < 1.29 is 8.42 Å². The molecular formula is C15H28N6O2S. The van der Waals surface area contributed by atoms with Gasteiger partial charge in [-0.25, -0.2) is 8.42 Å². The Morgan fingerprint density at radius 3 is 2.92 bits per heavy atom. The van der Waals surface area contributed by atoms with Crippen LogP contribution in [0.4, 0.5) is 0 Å². The number of nitrogens with zero attached hydrogens (tertiary/aromatic N) is 4. The van der Waals surface area contributed by atoms with Crippen molar-refractivity contribution in [3.05, 3.63) is 12.2 Å². The van der Waals surface area contributed by atoms with Crippen LogP contribution >= 0.6 is 0 Å². The standard InChI is InChI=1S/C15H28N6O2S/c1-4-12(3)18-15(19-13-6-9-24(22,23)10-13)16-7-8-21-11-17-20-14(21)5-2/h11-13H,4-10H2,1-3H3,(H2,16,18,19). The van der Waals surface area contributed by atoms with Gasteiger partial charge >= 0.3 is 0 Å². The first-order valence-electron chi connectivity index (χ1n) is 8.58. The molecule has 0 aromatic carbocycles. The molecule has 0 radical (unpaired) electrons. The fourth-order valence-electron chi connectivity index (χ4n) is 2.58. The predicted octanol–water partition coefficient (Wildman–Crippen LogP) is 0.361. The highest BCUT2D eigenvalue weighted by molar-refractivity contribution is 7.91. The second-order valence-electron chi connectivity index (χ2n) is 6.22. The van der Waals surface area contributed by atoms with Crippen molar-refractivity contribution in [2.75, 3.05) is 18.1 Å². The molecule has 1 fully saturated rings. The van der Waals surface area contributed by atoms with E-state index in [9.17, 15) is 8.42 Å². The fourth-order valence-corrected chi connectivity index (χ4v) is 4.25. The molecule has 24 heavy (non-hydrogen) atoms. The second-order valence-corrected chi connectivity index (χ2v) is 8.45. The molecule has 8 nitrogen and oxygen atoms in total. The summed E-state index contributed by atoms with van der Waals surface area (Å²) in [5, 5.41) is 14.6. The third-order valence-corrected chi connectivity index (χ3v) is 5.96. The Bertz CT molecular complexity index is 655.